The van der Waals surface area contributed by atoms with Gasteiger partial charge in [0.2, 0.25) is 0 Å². The van der Waals surface area contributed by atoms with Crippen molar-refractivity contribution in [1.29, 1.82) is 0 Å². The maximum Gasteiger partial charge on any atom is 0.0969 e. The third-order valence-corrected chi connectivity index (χ3v) is 5.12. The SMILES string of the molecule is CCC1=N[C@@H](CC)S[C@H](CC)S1. The van der Waals surface area contributed by atoms with E-state index in [9.17, 15) is 0 Å². The van der Waals surface area contributed by atoms with E-state index in [0.29, 0.717) is 5.37 Å². The Labute approximate surface area is 83.8 Å². The summed E-state index contributed by atoms with van der Waals surface area (Å²) in [6.07, 6.45) is 3.54. The second-order valence-corrected chi connectivity index (χ2v) is 5.79. The van der Waals surface area contributed by atoms with E-state index in [-0.39, 0.29) is 0 Å². The first-order chi connectivity index (χ1) is 5.80. The highest BCUT2D eigenvalue weighted by atomic mass is 32.2. The number of rotatable bonds is 3. The average Bonchev–Trinajstić information content (AvgIpc) is 2.16. The summed E-state index contributed by atoms with van der Waals surface area (Å²) in [5.74, 6) is 0. The van der Waals surface area contributed by atoms with Crippen molar-refractivity contribution in [2.75, 3.05) is 0 Å². The summed E-state index contributed by atoms with van der Waals surface area (Å²) in [5, 5.41) is 1.89. The van der Waals surface area contributed by atoms with Crippen molar-refractivity contribution in [2.45, 2.75) is 50.0 Å². The van der Waals surface area contributed by atoms with E-state index in [1.807, 2.05) is 23.5 Å². The molecule has 12 heavy (non-hydrogen) atoms. The van der Waals surface area contributed by atoms with Crippen molar-refractivity contribution in [3.63, 3.8) is 0 Å². The van der Waals surface area contributed by atoms with Crippen molar-refractivity contribution in [3.8, 4) is 0 Å². The molecule has 1 aliphatic rings. The molecular formula is C9H17NS2. The van der Waals surface area contributed by atoms with E-state index in [4.69, 9.17) is 0 Å². The zero-order chi connectivity index (χ0) is 8.97. The molecule has 70 valence electrons. The number of hydrogen-bond acceptors (Lipinski definition) is 3. The number of thioether (sulfide) groups is 2. The summed E-state index contributed by atoms with van der Waals surface area (Å²) in [4.78, 5) is 4.66. The second kappa shape index (κ2) is 5.18. The van der Waals surface area contributed by atoms with Gasteiger partial charge in [0, 0.05) is 0 Å². The molecule has 0 spiro atoms. The third-order valence-electron chi connectivity index (χ3n) is 1.85. The molecule has 0 amide bonds. The van der Waals surface area contributed by atoms with E-state index in [2.05, 4.69) is 25.8 Å². The Morgan fingerprint density at radius 2 is 2.00 bits per heavy atom. The molecule has 1 heterocycles. The first kappa shape index (κ1) is 10.5. The van der Waals surface area contributed by atoms with Crippen LogP contribution in [0.15, 0.2) is 4.99 Å². The Morgan fingerprint density at radius 3 is 2.50 bits per heavy atom. The van der Waals surface area contributed by atoms with Crippen LogP contribution < -0.4 is 0 Å². The Hall–Kier alpha value is 0.370. The van der Waals surface area contributed by atoms with Crippen molar-refractivity contribution >= 4 is 28.6 Å². The molecule has 1 nitrogen and oxygen atoms in total. The standard InChI is InChI=1S/C9H17NS2/c1-4-7-10-8(5-2)12-9(6-3)11-7/h7,9H,4-6H2,1-3H3/t7-,9+/m1/s1. The van der Waals surface area contributed by atoms with Gasteiger partial charge in [-0.3, -0.25) is 4.99 Å². The Morgan fingerprint density at radius 1 is 1.25 bits per heavy atom. The van der Waals surface area contributed by atoms with Crippen LogP contribution in [-0.4, -0.2) is 15.0 Å². The van der Waals surface area contributed by atoms with Crippen LogP contribution in [0.1, 0.15) is 40.0 Å². The van der Waals surface area contributed by atoms with Gasteiger partial charge in [-0.05, 0) is 19.3 Å². The minimum Gasteiger partial charge on any atom is -0.269 e. The van der Waals surface area contributed by atoms with Gasteiger partial charge >= 0.3 is 0 Å². The summed E-state index contributed by atoms with van der Waals surface area (Å²) >= 11 is 3.99. The van der Waals surface area contributed by atoms with Crippen LogP contribution in [0.5, 0.6) is 0 Å². The second-order valence-electron chi connectivity index (χ2n) is 2.83. The summed E-state index contributed by atoms with van der Waals surface area (Å²) in [7, 11) is 0. The molecule has 0 N–H and O–H groups in total. The van der Waals surface area contributed by atoms with E-state index in [0.717, 1.165) is 11.0 Å². The predicted octanol–water partition coefficient (Wildman–Crippen LogP) is 3.75. The Bertz CT molecular complexity index is 168. The molecule has 0 aromatic heterocycles. The molecule has 0 fully saturated rings. The zero-order valence-corrected chi connectivity index (χ0v) is 9.67. The number of hydrogen-bond donors (Lipinski definition) is 0. The van der Waals surface area contributed by atoms with Gasteiger partial charge in [-0.2, -0.15) is 0 Å². The minimum absolute atomic E-state index is 0.533. The van der Waals surface area contributed by atoms with Crippen LogP contribution in [0.3, 0.4) is 0 Å². The van der Waals surface area contributed by atoms with Gasteiger partial charge in [0.15, 0.2) is 0 Å². The topological polar surface area (TPSA) is 12.4 Å². The van der Waals surface area contributed by atoms with E-state index < -0.39 is 0 Å². The van der Waals surface area contributed by atoms with Crippen molar-refractivity contribution in [2.24, 2.45) is 4.99 Å². The molecule has 0 saturated carbocycles. The minimum atomic E-state index is 0.533. The monoisotopic (exact) mass is 203 g/mol. The molecule has 0 aromatic carbocycles. The summed E-state index contributed by atoms with van der Waals surface area (Å²) in [6.45, 7) is 6.68. The van der Waals surface area contributed by atoms with Gasteiger partial charge in [-0.25, -0.2) is 0 Å². The van der Waals surface area contributed by atoms with Crippen molar-refractivity contribution < 1.29 is 0 Å². The van der Waals surface area contributed by atoms with Crippen LogP contribution in [0.4, 0.5) is 0 Å². The highest BCUT2D eigenvalue weighted by Gasteiger charge is 2.21. The zero-order valence-electron chi connectivity index (χ0n) is 8.04. The van der Waals surface area contributed by atoms with Gasteiger partial charge in [0.05, 0.1) is 15.0 Å². The Balaban J connectivity index is 2.57. The molecule has 0 aliphatic carbocycles. The maximum absolute atomic E-state index is 4.66. The number of aliphatic imine (C=N–C) groups is 1. The van der Waals surface area contributed by atoms with Crippen molar-refractivity contribution in [3.05, 3.63) is 0 Å². The van der Waals surface area contributed by atoms with Crippen LogP contribution in [-0.2, 0) is 0 Å². The highest BCUT2D eigenvalue weighted by Crippen LogP contribution is 2.38. The predicted molar refractivity (Wildman–Crippen MR) is 61.1 cm³/mol. The molecular weight excluding hydrogens is 186 g/mol. The quantitative estimate of drug-likeness (QED) is 0.692. The fraction of sp³-hybridized carbons (Fsp3) is 0.889. The molecule has 0 unspecified atom stereocenters. The van der Waals surface area contributed by atoms with E-state index >= 15 is 0 Å². The molecule has 2 atom stereocenters. The first-order valence-corrected chi connectivity index (χ1v) is 6.51. The van der Waals surface area contributed by atoms with Gasteiger partial charge in [-0.15, -0.1) is 11.8 Å². The maximum atomic E-state index is 4.66. The number of nitrogens with zero attached hydrogens (tertiary/aromatic N) is 1. The fourth-order valence-corrected chi connectivity index (χ4v) is 3.87. The molecule has 3 heteroatoms. The summed E-state index contributed by atoms with van der Waals surface area (Å²) < 4.78 is 0.752. The van der Waals surface area contributed by atoms with Gasteiger partial charge in [0.1, 0.15) is 0 Å². The molecule has 0 saturated heterocycles. The fourth-order valence-electron chi connectivity index (χ4n) is 1.12. The average molecular weight is 203 g/mol. The first-order valence-electron chi connectivity index (χ1n) is 4.68. The van der Waals surface area contributed by atoms with Gasteiger partial charge in [0.25, 0.3) is 0 Å². The van der Waals surface area contributed by atoms with E-state index in [1.165, 1.54) is 17.9 Å². The van der Waals surface area contributed by atoms with Crippen LogP contribution in [0.25, 0.3) is 0 Å². The van der Waals surface area contributed by atoms with E-state index in [1.54, 1.807) is 0 Å². The lowest BCUT2D eigenvalue weighted by molar-refractivity contribution is 0.859. The molecule has 1 aliphatic heterocycles. The normalized spacial score (nSPS) is 30.1. The van der Waals surface area contributed by atoms with Crippen LogP contribution in [0.2, 0.25) is 0 Å². The lowest BCUT2D eigenvalue weighted by atomic mass is 10.4. The molecule has 0 radical (unpaired) electrons. The van der Waals surface area contributed by atoms with Gasteiger partial charge < -0.3 is 0 Å². The lowest BCUT2D eigenvalue weighted by Crippen LogP contribution is -2.14. The molecule has 0 aromatic rings. The largest absolute Gasteiger partial charge is 0.269 e. The summed E-state index contributed by atoms with van der Waals surface area (Å²) in [6, 6.07) is 0. The smallest absolute Gasteiger partial charge is 0.0969 e. The Kier molecular flexibility index (Phi) is 4.51. The molecule has 0 bridgehead atoms. The summed E-state index contributed by atoms with van der Waals surface area (Å²) in [5.41, 5.74) is 0. The highest BCUT2D eigenvalue weighted by molar-refractivity contribution is 8.25. The third kappa shape index (κ3) is 2.70. The molecule has 1 rings (SSSR count). The van der Waals surface area contributed by atoms with Gasteiger partial charge in [-0.1, -0.05) is 32.5 Å². The van der Waals surface area contributed by atoms with Crippen molar-refractivity contribution in [1.82, 2.24) is 0 Å². The van der Waals surface area contributed by atoms with Crippen LogP contribution >= 0.6 is 23.5 Å². The lowest BCUT2D eigenvalue weighted by Gasteiger charge is -2.24. The van der Waals surface area contributed by atoms with Crippen LogP contribution in [0, 0.1) is 0 Å².